The average Bonchev–Trinajstić information content (AvgIpc) is 3.26. The summed E-state index contributed by atoms with van der Waals surface area (Å²) in [5, 5.41) is 8.22. The second-order valence-corrected chi connectivity index (χ2v) is 10.3. The van der Waals surface area contributed by atoms with Crippen LogP contribution in [0.25, 0.3) is 6.08 Å². The Hall–Kier alpha value is -3.44. The molecule has 11 heteroatoms. The molecule has 176 valence electrons. The molecule has 2 aromatic rings. The summed E-state index contributed by atoms with van der Waals surface area (Å²) in [6.45, 7) is 4.25. The number of fused-ring (bicyclic) bond motifs is 1. The standard InChI is InChI=1S/C23H22N4O5S2/c1-3-34(29,30)23-26-33-22-25-21(28)19(20(24)27(22)23)14-16-6-10-18(11-7-16)32-13-12-31-17-8-4-15(2)5-9-17/h4-11,14,24H,3,12-13H2,1-2H3/b19-14-,24-20?. The van der Waals surface area contributed by atoms with Crippen LogP contribution in [0.3, 0.4) is 0 Å². The highest BCUT2D eigenvalue weighted by molar-refractivity contribution is 8.16. The van der Waals surface area contributed by atoms with Gasteiger partial charge in [-0.15, -0.1) is 0 Å². The van der Waals surface area contributed by atoms with Gasteiger partial charge in [0, 0.05) is 0 Å². The van der Waals surface area contributed by atoms with Gasteiger partial charge in [-0.3, -0.25) is 10.2 Å². The Labute approximate surface area is 201 Å². The molecule has 0 atom stereocenters. The van der Waals surface area contributed by atoms with Crippen LogP contribution in [0.1, 0.15) is 18.1 Å². The molecule has 2 aromatic carbocycles. The van der Waals surface area contributed by atoms with Crippen LogP contribution in [0.5, 0.6) is 11.5 Å². The third kappa shape index (κ3) is 5.05. The van der Waals surface area contributed by atoms with Gasteiger partial charge in [-0.1, -0.05) is 36.8 Å². The summed E-state index contributed by atoms with van der Waals surface area (Å²) >= 11 is 0.772. The van der Waals surface area contributed by atoms with Crippen molar-refractivity contribution in [1.29, 1.82) is 5.41 Å². The lowest BCUT2D eigenvalue weighted by atomic mass is 10.1. The van der Waals surface area contributed by atoms with Gasteiger partial charge in [-0.2, -0.15) is 9.39 Å². The molecule has 0 aromatic heterocycles. The normalized spacial score (nSPS) is 16.9. The Kier molecular flexibility index (Phi) is 6.85. The van der Waals surface area contributed by atoms with Crippen molar-refractivity contribution in [2.45, 2.75) is 13.8 Å². The first kappa shape index (κ1) is 23.7. The van der Waals surface area contributed by atoms with E-state index < -0.39 is 15.7 Å². The topological polar surface area (TPSA) is 121 Å². The zero-order valence-corrected chi connectivity index (χ0v) is 20.1. The fraction of sp³-hybridized carbons (Fsp3) is 0.217. The van der Waals surface area contributed by atoms with Crippen molar-refractivity contribution in [3.63, 3.8) is 0 Å². The van der Waals surface area contributed by atoms with Crippen LogP contribution >= 0.6 is 11.9 Å². The van der Waals surface area contributed by atoms with Crippen molar-refractivity contribution in [2.24, 2.45) is 9.39 Å². The van der Waals surface area contributed by atoms with Crippen LogP contribution in [-0.2, 0) is 14.6 Å². The molecule has 2 aliphatic heterocycles. The molecule has 2 heterocycles. The molecule has 2 aliphatic rings. The predicted octanol–water partition coefficient (Wildman–Crippen LogP) is 3.46. The van der Waals surface area contributed by atoms with Gasteiger partial charge in [-0.05, 0) is 42.8 Å². The Morgan fingerprint density at radius 1 is 1.03 bits per heavy atom. The number of aryl methyl sites for hydroxylation is 1. The van der Waals surface area contributed by atoms with Crippen LogP contribution in [0.15, 0.2) is 63.5 Å². The molecule has 0 saturated carbocycles. The van der Waals surface area contributed by atoms with Crippen LogP contribution in [-0.4, -0.2) is 54.4 Å². The average molecular weight is 499 g/mol. The van der Waals surface area contributed by atoms with Crippen molar-refractivity contribution < 1.29 is 22.7 Å². The van der Waals surface area contributed by atoms with Crippen LogP contribution < -0.4 is 9.47 Å². The lowest BCUT2D eigenvalue weighted by Crippen LogP contribution is -2.45. The fourth-order valence-electron chi connectivity index (χ4n) is 3.11. The monoisotopic (exact) mass is 498 g/mol. The first-order chi connectivity index (χ1) is 16.3. The maximum absolute atomic E-state index is 12.5. The van der Waals surface area contributed by atoms with E-state index in [2.05, 4.69) is 9.39 Å². The smallest absolute Gasteiger partial charge is 0.283 e. The number of hydrogen-bond acceptors (Lipinski definition) is 8. The molecule has 0 radical (unpaired) electrons. The molecule has 0 unspecified atom stereocenters. The third-order valence-electron chi connectivity index (χ3n) is 4.99. The van der Waals surface area contributed by atoms with Gasteiger partial charge in [0.05, 0.1) is 23.3 Å². The van der Waals surface area contributed by atoms with E-state index in [-0.39, 0.29) is 27.5 Å². The highest BCUT2D eigenvalue weighted by atomic mass is 32.2. The lowest BCUT2D eigenvalue weighted by Gasteiger charge is -2.24. The number of aliphatic imine (C=N–C) groups is 1. The number of hydrogen-bond donors (Lipinski definition) is 1. The number of nitrogens with one attached hydrogen (secondary N) is 1. The molecule has 4 rings (SSSR count). The summed E-state index contributed by atoms with van der Waals surface area (Å²) in [6, 6.07) is 14.7. The predicted molar refractivity (Wildman–Crippen MR) is 133 cm³/mol. The van der Waals surface area contributed by atoms with Crippen molar-refractivity contribution in [3.8, 4) is 11.5 Å². The highest BCUT2D eigenvalue weighted by Gasteiger charge is 2.42. The van der Waals surface area contributed by atoms with Crippen molar-refractivity contribution >= 4 is 49.9 Å². The number of ether oxygens (including phenoxy) is 2. The van der Waals surface area contributed by atoms with E-state index in [4.69, 9.17) is 14.9 Å². The Morgan fingerprint density at radius 2 is 1.62 bits per heavy atom. The number of carbonyl (C=O) groups excluding carboxylic acids is 1. The number of rotatable bonds is 7. The van der Waals surface area contributed by atoms with E-state index >= 15 is 0 Å². The molecule has 0 aliphatic carbocycles. The van der Waals surface area contributed by atoms with Gasteiger partial charge in [0.15, 0.2) is 0 Å². The summed E-state index contributed by atoms with van der Waals surface area (Å²) in [5.41, 5.74) is 1.78. The number of benzene rings is 2. The fourth-order valence-corrected chi connectivity index (χ4v) is 5.07. The minimum atomic E-state index is -3.68. The highest BCUT2D eigenvalue weighted by Crippen LogP contribution is 2.30. The van der Waals surface area contributed by atoms with E-state index in [9.17, 15) is 13.2 Å². The summed E-state index contributed by atoms with van der Waals surface area (Å²) in [5.74, 6) is 0.331. The molecule has 1 N–H and O–H groups in total. The minimum Gasteiger partial charge on any atom is -0.490 e. The Bertz CT molecular complexity index is 1310. The largest absolute Gasteiger partial charge is 0.490 e. The van der Waals surface area contributed by atoms with Gasteiger partial charge < -0.3 is 9.47 Å². The van der Waals surface area contributed by atoms with E-state index in [1.165, 1.54) is 13.0 Å². The zero-order valence-electron chi connectivity index (χ0n) is 18.5. The van der Waals surface area contributed by atoms with Crippen molar-refractivity contribution in [1.82, 2.24) is 4.90 Å². The molecule has 0 saturated heterocycles. The molecule has 0 fully saturated rings. The number of amidine groups is 3. The SMILES string of the molecule is CCS(=O)(=O)C1=NSC2=NC(=O)/C(=C\c3ccc(OCCOc4ccc(C)cc4)cc3)C(=N)N21. The third-order valence-corrected chi connectivity index (χ3v) is 7.39. The van der Waals surface area contributed by atoms with Gasteiger partial charge >= 0.3 is 0 Å². The first-order valence-electron chi connectivity index (χ1n) is 10.4. The molecular formula is C23H22N4O5S2. The summed E-state index contributed by atoms with van der Waals surface area (Å²) in [7, 11) is -3.68. The number of sulfone groups is 1. The van der Waals surface area contributed by atoms with Crippen LogP contribution in [0.4, 0.5) is 0 Å². The van der Waals surface area contributed by atoms with Gasteiger partial charge in [0.1, 0.15) is 30.5 Å². The number of carbonyl (C=O) groups is 1. The maximum atomic E-state index is 12.5. The van der Waals surface area contributed by atoms with Gasteiger partial charge in [0.25, 0.3) is 5.91 Å². The second-order valence-electron chi connectivity index (χ2n) is 7.39. The zero-order chi connectivity index (χ0) is 24.3. The summed E-state index contributed by atoms with van der Waals surface area (Å²) in [4.78, 5) is 17.5. The molecule has 9 nitrogen and oxygen atoms in total. The maximum Gasteiger partial charge on any atom is 0.283 e. The van der Waals surface area contributed by atoms with Gasteiger partial charge in [-0.25, -0.2) is 13.3 Å². The van der Waals surface area contributed by atoms with Crippen LogP contribution in [0.2, 0.25) is 0 Å². The summed E-state index contributed by atoms with van der Waals surface area (Å²) < 4.78 is 39.9. The summed E-state index contributed by atoms with van der Waals surface area (Å²) in [6.07, 6.45) is 1.49. The Balaban J connectivity index is 1.41. The second kappa shape index (κ2) is 9.82. The number of amides is 1. The van der Waals surface area contributed by atoms with E-state index in [0.717, 1.165) is 28.2 Å². The quantitative estimate of drug-likeness (QED) is 0.352. The molecular weight excluding hydrogens is 476 g/mol. The number of nitrogens with zero attached hydrogens (tertiary/aromatic N) is 3. The molecule has 0 bridgehead atoms. The molecule has 1 amide bonds. The molecule has 34 heavy (non-hydrogen) atoms. The van der Waals surface area contributed by atoms with E-state index in [1.54, 1.807) is 24.3 Å². The van der Waals surface area contributed by atoms with E-state index in [0.29, 0.717) is 24.5 Å². The minimum absolute atomic E-state index is 0.0228. The Morgan fingerprint density at radius 3 is 2.21 bits per heavy atom. The first-order valence-corrected chi connectivity index (χ1v) is 12.8. The van der Waals surface area contributed by atoms with Crippen molar-refractivity contribution in [2.75, 3.05) is 19.0 Å². The van der Waals surface area contributed by atoms with Crippen molar-refractivity contribution in [3.05, 3.63) is 65.2 Å². The molecule has 0 spiro atoms. The van der Waals surface area contributed by atoms with Gasteiger partial charge in [0.2, 0.25) is 20.2 Å². The van der Waals surface area contributed by atoms with E-state index in [1.807, 2.05) is 31.2 Å². The lowest BCUT2D eigenvalue weighted by molar-refractivity contribution is -0.114. The van der Waals surface area contributed by atoms with Crippen LogP contribution in [0, 0.1) is 12.3 Å².